The van der Waals surface area contributed by atoms with Gasteiger partial charge in [0.2, 0.25) is 0 Å². The number of unbranched alkanes of at least 4 members (excludes halogenated alkanes) is 15. The molecule has 0 saturated carbocycles. The van der Waals surface area contributed by atoms with E-state index in [0.29, 0.717) is 12.8 Å². The number of carbonyl (C=O) groups is 1. The maximum absolute atomic E-state index is 12.6. The van der Waals surface area contributed by atoms with Gasteiger partial charge in [0, 0.05) is 13.0 Å². The van der Waals surface area contributed by atoms with Gasteiger partial charge in [-0.2, -0.15) is 0 Å². The van der Waals surface area contributed by atoms with Crippen molar-refractivity contribution in [3.63, 3.8) is 0 Å². The van der Waals surface area contributed by atoms with Gasteiger partial charge in [0.25, 0.3) is 14.3 Å². The van der Waals surface area contributed by atoms with E-state index in [1.165, 1.54) is 116 Å². The Morgan fingerprint density at radius 3 is 1.25 bits per heavy atom. The summed E-state index contributed by atoms with van der Waals surface area (Å²) in [5.41, 5.74) is 0. The summed E-state index contributed by atoms with van der Waals surface area (Å²) in [5, 5.41) is 9.15. The molecule has 0 aliphatic carbocycles. The minimum atomic E-state index is -2.05. The topological polar surface area (TPSA) is 46.5 Å². The van der Waals surface area contributed by atoms with Crippen molar-refractivity contribution in [2.45, 2.75) is 167 Å². The molecule has 1 N–H and O–H groups in total. The van der Waals surface area contributed by atoms with Crippen LogP contribution >= 0.6 is 0 Å². The number of aliphatic hydroxyl groups excluding tert-OH is 1. The van der Waals surface area contributed by atoms with Gasteiger partial charge in [-0.3, -0.25) is 4.79 Å². The lowest BCUT2D eigenvalue weighted by molar-refractivity contribution is -0.135. The van der Waals surface area contributed by atoms with Gasteiger partial charge in [0.15, 0.2) is 0 Å². The normalized spacial score (nSPS) is 11.8. The van der Waals surface area contributed by atoms with E-state index in [4.69, 9.17) is 9.53 Å². The van der Waals surface area contributed by atoms with Crippen LogP contribution in [0.1, 0.15) is 149 Å². The zero-order valence-electron chi connectivity index (χ0n) is 22.2. The predicted octanol–water partition coefficient (Wildman–Crippen LogP) is 9.33. The molecule has 0 aliphatic heterocycles. The summed E-state index contributed by atoms with van der Waals surface area (Å²) in [6, 6.07) is 3.48. The molecule has 0 aliphatic rings. The molecule has 0 fully saturated rings. The maximum atomic E-state index is 12.6. The van der Waals surface area contributed by atoms with Gasteiger partial charge in [-0.05, 0) is 24.6 Å². The van der Waals surface area contributed by atoms with E-state index in [1.54, 1.807) is 0 Å². The van der Waals surface area contributed by atoms with Crippen LogP contribution in [0, 0.1) is 0 Å². The molecule has 0 aromatic carbocycles. The molecule has 0 amide bonds. The van der Waals surface area contributed by atoms with Crippen LogP contribution in [0.2, 0.25) is 18.1 Å². The summed E-state index contributed by atoms with van der Waals surface area (Å²) in [6.45, 7) is 6.89. The number of hydrogen-bond donors (Lipinski definition) is 1. The molecule has 0 saturated heterocycles. The summed E-state index contributed by atoms with van der Waals surface area (Å²) >= 11 is 0. The number of carbonyl (C=O) groups excluding carboxylic acids is 1. The third-order valence-electron chi connectivity index (χ3n) is 6.83. The zero-order chi connectivity index (χ0) is 23.8. The summed E-state index contributed by atoms with van der Waals surface area (Å²) in [6.07, 6.45) is 24.4. The summed E-state index contributed by atoms with van der Waals surface area (Å²) in [5.74, 6) is -0.0336. The Labute approximate surface area is 202 Å². The second-order valence-electron chi connectivity index (χ2n) is 10.0. The van der Waals surface area contributed by atoms with E-state index in [1.807, 2.05) is 0 Å². The SMILES string of the molecule is CCCCCCCC[Si](CCCCCCCC)(CCCCCCCC)OC(=O)CCCO. The van der Waals surface area contributed by atoms with E-state index < -0.39 is 8.32 Å². The van der Waals surface area contributed by atoms with Crippen molar-refractivity contribution >= 4 is 14.3 Å². The van der Waals surface area contributed by atoms with E-state index >= 15 is 0 Å². The predicted molar refractivity (Wildman–Crippen MR) is 143 cm³/mol. The maximum Gasteiger partial charge on any atom is 0.292 e. The van der Waals surface area contributed by atoms with Crippen molar-refractivity contribution in [3.05, 3.63) is 0 Å². The average Bonchev–Trinajstić information content (AvgIpc) is 2.79. The second-order valence-corrected chi connectivity index (χ2v) is 14.1. The highest BCUT2D eigenvalue weighted by atomic mass is 28.4. The smallest absolute Gasteiger partial charge is 0.292 e. The van der Waals surface area contributed by atoms with E-state index in [0.717, 1.165) is 18.1 Å². The molecule has 32 heavy (non-hydrogen) atoms. The fourth-order valence-corrected chi connectivity index (χ4v) is 9.05. The molecular weight excluding hydrogens is 412 g/mol. The van der Waals surface area contributed by atoms with Crippen LogP contribution in [0.15, 0.2) is 0 Å². The molecule has 0 radical (unpaired) electrons. The molecule has 0 spiro atoms. The highest BCUT2D eigenvalue weighted by molar-refractivity contribution is 6.75. The first kappa shape index (κ1) is 31.6. The lowest BCUT2D eigenvalue weighted by Crippen LogP contribution is -2.40. The van der Waals surface area contributed by atoms with Gasteiger partial charge in [0.05, 0.1) is 0 Å². The first-order valence-corrected chi connectivity index (χ1v) is 17.0. The van der Waals surface area contributed by atoms with Crippen molar-refractivity contribution in [3.8, 4) is 0 Å². The molecule has 4 heteroatoms. The van der Waals surface area contributed by atoms with Crippen LogP contribution in [-0.2, 0) is 9.22 Å². The largest absolute Gasteiger partial charge is 0.519 e. The summed E-state index contributed by atoms with van der Waals surface area (Å²) in [7, 11) is -2.05. The number of rotatable bonds is 25. The lowest BCUT2D eigenvalue weighted by Gasteiger charge is -2.32. The molecule has 0 atom stereocenters. The quantitative estimate of drug-likeness (QED) is 0.107. The Morgan fingerprint density at radius 1 is 0.562 bits per heavy atom. The number of hydrogen-bond acceptors (Lipinski definition) is 3. The first-order valence-electron chi connectivity index (χ1n) is 14.5. The minimum Gasteiger partial charge on any atom is -0.519 e. The molecule has 3 nitrogen and oxygen atoms in total. The van der Waals surface area contributed by atoms with Crippen molar-refractivity contribution in [1.82, 2.24) is 0 Å². The van der Waals surface area contributed by atoms with Crippen molar-refractivity contribution in [2.24, 2.45) is 0 Å². The van der Waals surface area contributed by atoms with Crippen LogP contribution in [0.3, 0.4) is 0 Å². The molecule has 0 bridgehead atoms. The van der Waals surface area contributed by atoms with Gasteiger partial charge >= 0.3 is 0 Å². The van der Waals surface area contributed by atoms with Crippen LogP contribution < -0.4 is 0 Å². The third-order valence-corrected chi connectivity index (χ3v) is 11.3. The fourth-order valence-electron chi connectivity index (χ4n) is 4.73. The number of aliphatic hydroxyl groups is 1. The van der Waals surface area contributed by atoms with Gasteiger partial charge in [-0.1, -0.05) is 136 Å². The molecule has 0 aromatic heterocycles. The third kappa shape index (κ3) is 19.1. The van der Waals surface area contributed by atoms with Crippen molar-refractivity contribution in [2.75, 3.05) is 6.61 Å². The standard InChI is InChI=1S/C28H58O3Si/c1-4-7-10-13-16-19-25-32(31-28(30)23-22-24-29,26-20-17-14-11-8-5-2)27-21-18-15-12-9-6-3/h29H,4-27H2,1-3H3. The Hall–Kier alpha value is -0.353. The van der Waals surface area contributed by atoms with Crippen molar-refractivity contribution < 1.29 is 14.3 Å². The van der Waals surface area contributed by atoms with E-state index in [2.05, 4.69) is 20.8 Å². The van der Waals surface area contributed by atoms with Gasteiger partial charge in [-0.25, -0.2) is 0 Å². The molecule has 0 heterocycles. The first-order chi connectivity index (χ1) is 15.6. The van der Waals surface area contributed by atoms with Gasteiger partial charge < -0.3 is 9.53 Å². The van der Waals surface area contributed by atoms with Crippen molar-refractivity contribution in [1.29, 1.82) is 0 Å². The molecule has 192 valence electrons. The summed E-state index contributed by atoms with van der Waals surface area (Å²) in [4.78, 5) is 12.6. The minimum absolute atomic E-state index is 0.0336. The highest BCUT2D eigenvalue weighted by Gasteiger charge is 2.36. The van der Waals surface area contributed by atoms with Crippen LogP contribution in [0.25, 0.3) is 0 Å². The molecule has 0 unspecified atom stereocenters. The van der Waals surface area contributed by atoms with Crippen LogP contribution in [0.4, 0.5) is 0 Å². The van der Waals surface area contributed by atoms with E-state index in [-0.39, 0.29) is 12.6 Å². The Bertz CT molecular complexity index is 359. The van der Waals surface area contributed by atoms with Crippen LogP contribution in [-0.4, -0.2) is 26.0 Å². The molecule has 0 aromatic rings. The van der Waals surface area contributed by atoms with E-state index in [9.17, 15) is 4.79 Å². The Balaban J connectivity index is 4.89. The zero-order valence-corrected chi connectivity index (χ0v) is 23.2. The Morgan fingerprint density at radius 2 is 0.906 bits per heavy atom. The van der Waals surface area contributed by atoms with Gasteiger partial charge in [-0.15, -0.1) is 0 Å². The monoisotopic (exact) mass is 470 g/mol. The highest BCUT2D eigenvalue weighted by Crippen LogP contribution is 2.32. The Kier molecular flexibility index (Phi) is 23.5. The molecular formula is C28H58O3Si. The average molecular weight is 471 g/mol. The fraction of sp³-hybridized carbons (Fsp3) is 0.964. The lowest BCUT2D eigenvalue weighted by atomic mass is 10.1. The molecule has 0 rings (SSSR count). The van der Waals surface area contributed by atoms with Crippen LogP contribution in [0.5, 0.6) is 0 Å². The van der Waals surface area contributed by atoms with Gasteiger partial charge in [0.1, 0.15) is 0 Å². The summed E-state index contributed by atoms with van der Waals surface area (Å²) < 4.78 is 6.41. The second kappa shape index (κ2) is 23.8.